The number of aryl methyl sites for hydroxylation is 4. The van der Waals surface area contributed by atoms with Gasteiger partial charge in [0.15, 0.2) is 0 Å². The van der Waals surface area contributed by atoms with Crippen molar-refractivity contribution in [2.24, 2.45) is 5.73 Å². The van der Waals surface area contributed by atoms with Crippen LogP contribution in [0.2, 0.25) is 0 Å². The second-order valence-corrected chi connectivity index (χ2v) is 31.9. The molecule has 0 bridgehead atoms. The maximum atomic E-state index is 7.92. The van der Waals surface area contributed by atoms with E-state index in [1.165, 1.54) is 117 Å². The van der Waals surface area contributed by atoms with Gasteiger partial charge in [-0.05, 0) is 261 Å². The van der Waals surface area contributed by atoms with Gasteiger partial charge in [0.05, 0.1) is 0 Å². The predicted molar refractivity (Wildman–Crippen MR) is 403 cm³/mol. The van der Waals surface area contributed by atoms with Crippen molar-refractivity contribution in [3.8, 4) is 39.4 Å². The van der Waals surface area contributed by atoms with Crippen LogP contribution in [0.3, 0.4) is 0 Å². The summed E-state index contributed by atoms with van der Waals surface area (Å²) in [6.07, 6.45) is 4.23. The van der Waals surface area contributed by atoms with Crippen LogP contribution in [-0.2, 0) is 27.2 Å². The van der Waals surface area contributed by atoms with Gasteiger partial charge in [-0.3, -0.25) is 9.47 Å². The van der Waals surface area contributed by atoms with E-state index < -0.39 is 5.54 Å². The molecule has 0 fully saturated rings. The molecule has 2 N–H and O–H groups in total. The van der Waals surface area contributed by atoms with Crippen LogP contribution in [-0.4, -0.2) is 18.0 Å². The maximum Gasteiger partial charge on any atom is 0.258 e. The molecular formula is C87H85B2N5O. The average Bonchev–Trinajstić information content (AvgIpc) is 1.62. The molecule has 11 aromatic rings. The molecule has 5 heterocycles. The lowest BCUT2D eigenvalue weighted by Gasteiger charge is -2.46. The summed E-state index contributed by atoms with van der Waals surface area (Å²) in [5.41, 5.74) is 40.9. The van der Waals surface area contributed by atoms with Crippen LogP contribution in [0.4, 0.5) is 51.3 Å². The van der Waals surface area contributed by atoms with Crippen LogP contribution < -0.4 is 57.9 Å². The first-order chi connectivity index (χ1) is 45.4. The van der Waals surface area contributed by atoms with E-state index in [1.807, 2.05) is 0 Å². The summed E-state index contributed by atoms with van der Waals surface area (Å²) in [5, 5.41) is 0. The fourth-order valence-electron chi connectivity index (χ4n) is 18.1. The van der Waals surface area contributed by atoms with Crippen LogP contribution in [0.15, 0.2) is 200 Å². The fraction of sp³-hybridized carbons (Fsp3) is 0.264. The second-order valence-electron chi connectivity index (χ2n) is 31.9. The summed E-state index contributed by atoms with van der Waals surface area (Å²) < 4.78 is 10.5. The lowest BCUT2D eigenvalue weighted by Crippen LogP contribution is -2.64. The quantitative estimate of drug-likeness (QED) is 0.168. The highest BCUT2D eigenvalue weighted by Gasteiger charge is 2.51. The van der Waals surface area contributed by atoms with Crippen LogP contribution in [0.1, 0.15) is 145 Å². The van der Waals surface area contributed by atoms with E-state index in [0.717, 1.165) is 82.6 Å². The number of ether oxygens (including phenoxy) is 1. The van der Waals surface area contributed by atoms with Gasteiger partial charge in [0.2, 0.25) is 0 Å². The van der Waals surface area contributed by atoms with Crippen molar-refractivity contribution in [1.29, 1.82) is 0 Å². The summed E-state index contributed by atoms with van der Waals surface area (Å²) in [5.74, 6) is 2.93. The standard InChI is InChI=1S/C87H85B2N5O/c1-52-25-23-26-53(2)78(52)56-43-72-80-73(44-56)92(60-35-38-63-65(48-60)87(14,90)42-41-85(63,10)11)70-34-22-21-33-66(70)88(80)67-49-68-75(51-71(67)91(72)58-29-17-15-18-30-58)95-76-46-57(79-54(3)27-24-28-55(79)4)45-74-81(76)89(68)69-50-77(83(5,6)7)94(59-31-19-16-20-32-59)82(69)93(74)61-36-37-62-64(47-61)86(12,13)40-39-84(62,8)9/h15-38,43-51H,39-42,90H2,1-14H3. The highest BCUT2D eigenvalue weighted by atomic mass is 16.5. The molecule has 8 heteroatoms. The average molecular weight is 1240 g/mol. The molecule has 0 spiro atoms. The second kappa shape index (κ2) is 20.6. The summed E-state index contributed by atoms with van der Waals surface area (Å²) in [6, 6.07) is 77.1. The molecule has 1 aromatic heterocycles. The molecule has 17 rings (SSSR count). The van der Waals surface area contributed by atoms with E-state index in [9.17, 15) is 0 Å². The Kier molecular flexibility index (Phi) is 12.9. The highest BCUT2D eigenvalue weighted by molar-refractivity contribution is 7.02. The minimum Gasteiger partial charge on any atom is -0.458 e. The number of aromatic nitrogens is 1. The van der Waals surface area contributed by atoms with Crippen LogP contribution in [0.5, 0.6) is 11.5 Å². The van der Waals surface area contributed by atoms with Crippen molar-refractivity contribution in [3.05, 3.63) is 250 Å². The molecule has 0 saturated carbocycles. The zero-order valence-corrected chi connectivity index (χ0v) is 57.8. The topological polar surface area (TPSA) is 49.9 Å². The Morgan fingerprint density at radius 2 is 0.874 bits per heavy atom. The Morgan fingerprint density at radius 3 is 1.48 bits per heavy atom. The molecule has 10 aromatic carbocycles. The Bertz CT molecular complexity index is 5020. The molecule has 0 saturated heterocycles. The van der Waals surface area contributed by atoms with Gasteiger partial charge in [0, 0.05) is 73.9 Å². The number of nitrogens with zero attached hydrogens (tertiary/aromatic N) is 4. The smallest absolute Gasteiger partial charge is 0.258 e. The first-order valence-corrected chi connectivity index (χ1v) is 34.7. The molecule has 4 aliphatic heterocycles. The molecular weight excluding hydrogens is 1150 g/mol. The summed E-state index contributed by atoms with van der Waals surface area (Å²) in [7, 11) is 0. The summed E-state index contributed by atoms with van der Waals surface area (Å²) in [4.78, 5) is 7.79. The first-order valence-electron chi connectivity index (χ1n) is 34.7. The van der Waals surface area contributed by atoms with Crippen LogP contribution >= 0.6 is 0 Å². The zero-order valence-electron chi connectivity index (χ0n) is 57.8. The number of hydrogen-bond acceptors (Lipinski definition) is 5. The first kappa shape index (κ1) is 59.5. The van der Waals surface area contributed by atoms with E-state index in [4.69, 9.17) is 10.5 Å². The van der Waals surface area contributed by atoms with E-state index in [2.05, 4.69) is 316 Å². The van der Waals surface area contributed by atoms with Crippen molar-refractivity contribution in [2.45, 2.75) is 150 Å². The summed E-state index contributed by atoms with van der Waals surface area (Å²) >= 11 is 0. The van der Waals surface area contributed by atoms with Gasteiger partial charge in [0.25, 0.3) is 13.4 Å². The van der Waals surface area contributed by atoms with Gasteiger partial charge in [-0.1, -0.05) is 172 Å². The highest BCUT2D eigenvalue weighted by Crippen LogP contribution is 2.54. The van der Waals surface area contributed by atoms with Crippen LogP contribution in [0.25, 0.3) is 27.9 Å². The van der Waals surface area contributed by atoms with Gasteiger partial charge in [-0.2, -0.15) is 0 Å². The SMILES string of the molecule is Cc1cccc(C)c1-c1cc2c3c(c1)N(c1ccc4c(c1)C(C)(C)CCC4(C)C)c1c(cc(C(C)(C)C)n1-c1ccccc1)B3c1cc3c(cc1O2)N(c1ccccc1)c1cc(-c2c(C)cccc2C)cc2c1B3c1ccccc1N2c1ccc2c(c1)C(C)(N)CCC2(C)C. The van der Waals surface area contributed by atoms with E-state index in [0.29, 0.717) is 0 Å². The van der Waals surface area contributed by atoms with Crippen LogP contribution in [0, 0.1) is 27.7 Å². The lowest BCUT2D eigenvalue weighted by atomic mass is 9.30. The third-order valence-electron chi connectivity index (χ3n) is 23.1. The van der Waals surface area contributed by atoms with Crippen molar-refractivity contribution in [3.63, 3.8) is 0 Å². The largest absolute Gasteiger partial charge is 0.458 e. The third-order valence-corrected chi connectivity index (χ3v) is 23.1. The Hall–Kier alpha value is -9.23. The minimum absolute atomic E-state index is 0.00306. The Morgan fingerprint density at radius 1 is 0.379 bits per heavy atom. The van der Waals surface area contributed by atoms with E-state index in [1.54, 1.807) is 0 Å². The van der Waals surface area contributed by atoms with Gasteiger partial charge in [-0.25, -0.2) is 0 Å². The molecule has 1 unspecified atom stereocenters. The number of hydrogen-bond donors (Lipinski definition) is 1. The number of benzene rings is 10. The molecule has 470 valence electrons. The maximum absolute atomic E-state index is 7.92. The molecule has 6 nitrogen and oxygen atoms in total. The Balaban J connectivity index is 0.980. The number of fused-ring (bicyclic) bond motifs is 10. The zero-order chi connectivity index (χ0) is 65.7. The third kappa shape index (κ3) is 8.88. The van der Waals surface area contributed by atoms with Crippen molar-refractivity contribution in [1.82, 2.24) is 4.57 Å². The Labute approximate surface area is 563 Å². The molecule has 2 aliphatic carbocycles. The van der Waals surface area contributed by atoms with Gasteiger partial charge >= 0.3 is 0 Å². The van der Waals surface area contributed by atoms with Gasteiger partial charge in [0.1, 0.15) is 17.3 Å². The molecule has 0 amide bonds. The number of para-hydroxylation sites is 3. The predicted octanol–water partition coefficient (Wildman–Crippen LogP) is 18.4. The molecule has 95 heavy (non-hydrogen) atoms. The van der Waals surface area contributed by atoms with Gasteiger partial charge < -0.3 is 20.3 Å². The van der Waals surface area contributed by atoms with E-state index in [-0.39, 0.29) is 35.1 Å². The number of nitrogens with two attached hydrogens (primary N) is 1. The van der Waals surface area contributed by atoms with Crippen molar-refractivity contribution >= 4 is 97.5 Å². The van der Waals surface area contributed by atoms with Crippen molar-refractivity contribution in [2.75, 3.05) is 14.7 Å². The normalized spacial score (nSPS) is 17.9. The van der Waals surface area contributed by atoms with Gasteiger partial charge in [-0.15, -0.1) is 0 Å². The summed E-state index contributed by atoms with van der Waals surface area (Å²) in [6.45, 7) is 32.6. The number of anilines is 9. The van der Waals surface area contributed by atoms with Crippen molar-refractivity contribution < 1.29 is 4.74 Å². The molecule has 6 aliphatic rings. The monoisotopic (exact) mass is 1240 g/mol. The number of rotatable bonds is 6. The van der Waals surface area contributed by atoms with E-state index >= 15 is 0 Å². The molecule has 0 radical (unpaired) electrons. The lowest BCUT2D eigenvalue weighted by molar-refractivity contribution is 0.319. The fourth-order valence-corrected chi connectivity index (χ4v) is 18.1. The minimum atomic E-state index is -0.484. The molecule has 1 atom stereocenters.